The molecule has 1 aliphatic rings. The monoisotopic (exact) mass is 245 g/mol. The molecule has 0 atom stereocenters. The molecule has 5 heteroatoms. The van der Waals surface area contributed by atoms with E-state index in [2.05, 4.69) is 15.3 Å². The van der Waals surface area contributed by atoms with E-state index >= 15 is 0 Å². The third-order valence-corrected chi connectivity index (χ3v) is 2.77. The number of nitrogens with zero attached hydrogens (tertiary/aromatic N) is 2. The standard InChI is InChI=1S/C13H15N3O2/c1-2-12(17-5-1)9-18-13-8-15-11(7-16-13)6-14-10-3-4-10/h1-2,5,7-8,10,14H,3-4,6,9H2. The Labute approximate surface area is 105 Å². The highest BCUT2D eigenvalue weighted by Crippen LogP contribution is 2.19. The van der Waals surface area contributed by atoms with E-state index in [-0.39, 0.29) is 0 Å². The zero-order valence-corrected chi connectivity index (χ0v) is 10.0. The summed E-state index contributed by atoms with van der Waals surface area (Å²) >= 11 is 0. The van der Waals surface area contributed by atoms with Crippen LogP contribution in [0.15, 0.2) is 35.2 Å². The van der Waals surface area contributed by atoms with Gasteiger partial charge in [0.2, 0.25) is 5.88 Å². The Morgan fingerprint density at radius 3 is 2.94 bits per heavy atom. The van der Waals surface area contributed by atoms with Gasteiger partial charge in [0.15, 0.2) is 0 Å². The van der Waals surface area contributed by atoms with E-state index in [1.54, 1.807) is 18.7 Å². The molecule has 0 spiro atoms. The highest BCUT2D eigenvalue weighted by molar-refractivity contribution is 5.08. The van der Waals surface area contributed by atoms with Crippen LogP contribution in [0.1, 0.15) is 24.3 Å². The van der Waals surface area contributed by atoms with Gasteiger partial charge in [0.1, 0.15) is 12.4 Å². The van der Waals surface area contributed by atoms with Crippen molar-refractivity contribution in [1.29, 1.82) is 0 Å². The van der Waals surface area contributed by atoms with Crippen molar-refractivity contribution in [2.75, 3.05) is 0 Å². The summed E-state index contributed by atoms with van der Waals surface area (Å²) in [5, 5.41) is 3.39. The van der Waals surface area contributed by atoms with Crippen molar-refractivity contribution in [2.24, 2.45) is 0 Å². The molecule has 1 N–H and O–H groups in total. The van der Waals surface area contributed by atoms with Gasteiger partial charge < -0.3 is 14.5 Å². The second-order valence-electron chi connectivity index (χ2n) is 4.37. The molecule has 1 saturated carbocycles. The minimum atomic E-state index is 0.376. The first-order chi connectivity index (χ1) is 8.90. The van der Waals surface area contributed by atoms with E-state index in [1.807, 2.05) is 12.1 Å². The minimum absolute atomic E-state index is 0.376. The molecule has 0 aromatic carbocycles. The lowest BCUT2D eigenvalue weighted by Crippen LogP contribution is -2.16. The normalized spacial score (nSPS) is 14.7. The van der Waals surface area contributed by atoms with Gasteiger partial charge in [0, 0.05) is 12.6 Å². The Bertz CT molecular complexity index is 477. The van der Waals surface area contributed by atoms with Crippen molar-refractivity contribution < 1.29 is 9.15 Å². The summed E-state index contributed by atoms with van der Waals surface area (Å²) in [5.74, 6) is 1.29. The van der Waals surface area contributed by atoms with Gasteiger partial charge in [0.25, 0.3) is 0 Å². The van der Waals surface area contributed by atoms with Gasteiger partial charge in [-0.05, 0) is 25.0 Å². The van der Waals surface area contributed by atoms with E-state index in [1.165, 1.54) is 12.8 Å². The molecule has 0 radical (unpaired) electrons. The fraction of sp³-hybridized carbons (Fsp3) is 0.385. The Morgan fingerprint density at radius 1 is 1.33 bits per heavy atom. The van der Waals surface area contributed by atoms with Gasteiger partial charge >= 0.3 is 0 Å². The van der Waals surface area contributed by atoms with Crippen LogP contribution in [-0.2, 0) is 13.2 Å². The maximum Gasteiger partial charge on any atom is 0.232 e. The third kappa shape index (κ3) is 3.07. The molecule has 2 aromatic heterocycles. The molecule has 18 heavy (non-hydrogen) atoms. The fourth-order valence-electron chi connectivity index (χ4n) is 1.58. The van der Waals surface area contributed by atoms with Gasteiger partial charge in [-0.25, -0.2) is 4.98 Å². The summed E-state index contributed by atoms with van der Waals surface area (Å²) in [6.45, 7) is 1.15. The third-order valence-electron chi connectivity index (χ3n) is 2.77. The molecule has 1 fully saturated rings. The van der Waals surface area contributed by atoms with Gasteiger partial charge in [-0.1, -0.05) is 0 Å². The maximum atomic E-state index is 5.46. The van der Waals surface area contributed by atoms with Crippen molar-refractivity contribution in [1.82, 2.24) is 15.3 Å². The number of ether oxygens (including phenoxy) is 1. The first-order valence-corrected chi connectivity index (χ1v) is 6.09. The quantitative estimate of drug-likeness (QED) is 0.842. The maximum absolute atomic E-state index is 5.46. The van der Waals surface area contributed by atoms with Gasteiger partial charge in [-0.2, -0.15) is 0 Å². The van der Waals surface area contributed by atoms with E-state index in [4.69, 9.17) is 9.15 Å². The van der Waals surface area contributed by atoms with Crippen LogP contribution in [0.3, 0.4) is 0 Å². The van der Waals surface area contributed by atoms with Gasteiger partial charge in [0.05, 0.1) is 24.4 Å². The highest BCUT2D eigenvalue weighted by atomic mass is 16.5. The van der Waals surface area contributed by atoms with Crippen LogP contribution in [0.25, 0.3) is 0 Å². The van der Waals surface area contributed by atoms with Gasteiger partial charge in [-0.3, -0.25) is 4.98 Å². The average molecular weight is 245 g/mol. The highest BCUT2D eigenvalue weighted by Gasteiger charge is 2.20. The van der Waals surface area contributed by atoms with Crippen LogP contribution in [0.5, 0.6) is 5.88 Å². The zero-order valence-electron chi connectivity index (χ0n) is 10.0. The zero-order chi connectivity index (χ0) is 12.2. The van der Waals surface area contributed by atoms with E-state index in [9.17, 15) is 0 Å². The van der Waals surface area contributed by atoms with Crippen molar-refractivity contribution >= 4 is 0 Å². The Kier molecular flexibility index (Phi) is 3.23. The largest absolute Gasteiger partial charge is 0.468 e. The Hall–Kier alpha value is -1.88. The predicted octanol–water partition coefficient (Wildman–Crippen LogP) is 1.90. The van der Waals surface area contributed by atoms with Crippen molar-refractivity contribution in [3.8, 4) is 5.88 Å². The average Bonchev–Trinajstić information content (AvgIpc) is 3.09. The second kappa shape index (κ2) is 5.18. The van der Waals surface area contributed by atoms with Crippen LogP contribution < -0.4 is 10.1 Å². The molecular formula is C13H15N3O2. The topological polar surface area (TPSA) is 60.2 Å². The Morgan fingerprint density at radius 2 is 2.28 bits per heavy atom. The molecule has 2 aromatic rings. The molecule has 0 aliphatic heterocycles. The summed E-state index contributed by atoms with van der Waals surface area (Å²) in [5.41, 5.74) is 0.937. The molecule has 0 bridgehead atoms. The lowest BCUT2D eigenvalue weighted by Gasteiger charge is -2.04. The van der Waals surface area contributed by atoms with Crippen molar-refractivity contribution in [3.05, 3.63) is 42.2 Å². The number of furan rings is 1. The van der Waals surface area contributed by atoms with Crippen molar-refractivity contribution in [2.45, 2.75) is 32.0 Å². The van der Waals surface area contributed by atoms with E-state index in [0.29, 0.717) is 18.5 Å². The predicted molar refractivity (Wildman–Crippen MR) is 64.9 cm³/mol. The van der Waals surface area contributed by atoms with Crippen LogP contribution in [-0.4, -0.2) is 16.0 Å². The number of nitrogens with one attached hydrogen (secondary N) is 1. The molecule has 0 unspecified atom stereocenters. The van der Waals surface area contributed by atoms with Crippen molar-refractivity contribution in [3.63, 3.8) is 0 Å². The lowest BCUT2D eigenvalue weighted by molar-refractivity contribution is 0.259. The summed E-state index contributed by atoms with van der Waals surface area (Å²) in [4.78, 5) is 8.51. The summed E-state index contributed by atoms with van der Waals surface area (Å²) in [6, 6.07) is 4.37. The lowest BCUT2D eigenvalue weighted by atomic mass is 10.4. The number of aromatic nitrogens is 2. The molecule has 3 rings (SSSR count). The summed E-state index contributed by atoms with van der Waals surface area (Å²) in [6.07, 6.45) is 7.56. The Balaban J connectivity index is 1.50. The second-order valence-corrected chi connectivity index (χ2v) is 4.37. The van der Waals surface area contributed by atoms with Crippen LogP contribution in [0.4, 0.5) is 0 Å². The van der Waals surface area contributed by atoms with E-state index < -0.39 is 0 Å². The molecular weight excluding hydrogens is 230 g/mol. The number of rotatable bonds is 6. The fourth-order valence-corrected chi connectivity index (χ4v) is 1.58. The van der Waals surface area contributed by atoms with Gasteiger partial charge in [-0.15, -0.1) is 0 Å². The van der Waals surface area contributed by atoms with E-state index in [0.717, 1.165) is 18.0 Å². The molecule has 5 nitrogen and oxygen atoms in total. The first-order valence-electron chi connectivity index (χ1n) is 6.09. The SMILES string of the molecule is c1coc(COc2cnc(CNC3CC3)cn2)c1. The van der Waals surface area contributed by atoms with Crippen LogP contribution >= 0.6 is 0 Å². The summed E-state index contributed by atoms with van der Waals surface area (Å²) < 4.78 is 10.6. The molecule has 94 valence electrons. The molecule has 0 amide bonds. The van der Waals surface area contributed by atoms with Crippen LogP contribution in [0.2, 0.25) is 0 Å². The molecule has 0 saturated heterocycles. The molecule has 2 heterocycles. The van der Waals surface area contributed by atoms with Crippen LogP contribution in [0, 0.1) is 0 Å². The smallest absolute Gasteiger partial charge is 0.232 e. The number of hydrogen-bond donors (Lipinski definition) is 1. The summed E-state index contributed by atoms with van der Waals surface area (Å²) in [7, 11) is 0. The number of hydrogen-bond acceptors (Lipinski definition) is 5. The minimum Gasteiger partial charge on any atom is -0.468 e. The first kappa shape index (κ1) is 11.2. The molecule has 1 aliphatic carbocycles.